The van der Waals surface area contributed by atoms with Gasteiger partial charge in [0.25, 0.3) is 5.92 Å². The Labute approximate surface area is 151 Å². The maximum absolute atomic E-state index is 13.4. The Morgan fingerprint density at radius 1 is 1.16 bits per heavy atom. The van der Waals surface area contributed by atoms with E-state index in [2.05, 4.69) is 20.9 Å². The fraction of sp³-hybridized carbons (Fsp3) is 0.688. The standard InChI is InChI=1S/C16H19BrF5N3/c17-14-2-1-13(25-6-3-11(4-7-25)16(20,21)22)12(23-14)9-24-8-5-15(18,19)10-24/h1-2,11H,3-10H2. The Morgan fingerprint density at radius 3 is 2.40 bits per heavy atom. The molecule has 3 rings (SSSR count). The average Bonchev–Trinajstić information content (AvgIpc) is 2.85. The van der Waals surface area contributed by atoms with Crippen LogP contribution in [-0.4, -0.2) is 48.2 Å². The molecule has 2 aliphatic rings. The van der Waals surface area contributed by atoms with E-state index in [0.717, 1.165) is 5.69 Å². The van der Waals surface area contributed by atoms with Crippen LogP contribution in [0, 0.1) is 5.92 Å². The van der Waals surface area contributed by atoms with Crippen molar-refractivity contribution < 1.29 is 22.0 Å². The first-order chi connectivity index (χ1) is 11.6. The number of likely N-dealkylation sites (tertiary alicyclic amines) is 1. The largest absolute Gasteiger partial charge is 0.391 e. The van der Waals surface area contributed by atoms with Crippen molar-refractivity contribution in [1.82, 2.24) is 9.88 Å². The molecular weight excluding hydrogens is 409 g/mol. The number of pyridine rings is 1. The summed E-state index contributed by atoms with van der Waals surface area (Å²) in [5, 5.41) is 0. The molecule has 0 N–H and O–H groups in total. The van der Waals surface area contributed by atoms with Crippen molar-refractivity contribution in [3.05, 3.63) is 22.4 Å². The van der Waals surface area contributed by atoms with Crippen molar-refractivity contribution in [2.75, 3.05) is 31.1 Å². The molecule has 0 aliphatic carbocycles. The SMILES string of the molecule is FC1(F)CCN(Cc2nc(Br)ccc2N2CCC(C(F)(F)F)CC2)C1. The number of aromatic nitrogens is 1. The van der Waals surface area contributed by atoms with Crippen molar-refractivity contribution in [3.63, 3.8) is 0 Å². The molecule has 0 aromatic carbocycles. The summed E-state index contributed by atoms with van der Waals surface area (Å²) in [4.78, 5) is 7.91. The number of alkyl halides is 5. The Bertz CT molecular complexity index is 614. The lowest BCUT2D eigenvalue weighted by Crippen LogP contribution is -2.39. The molecule has 25 heavy (non-hydrogen) atoms. The van der Waals surface area contributed by atoms with E-state index in [0.29, 0.717) is 10.3 Å². The zero-order valence-electron chi connectivity index (χ0n) is 13.5. The van der Waals surface area contributed by atoms with E-state index in [9.17, 15) is 22.0 Å². The van der Waals surface area contributed by atoms with Gasteiger partial charge in [0.05, 0.1) is 23.8 Å². The van der Waals surface area contributed by atoms with Crippen molar-refractivity contribution in [2.45, 2.75) is 37.9 Å². The van der Waals surface area contributed by atoms with Crippen LogP contribution in [0.15, 0.2) is 16.7 Å². The number of halogens is 6. The van der Waals surface area contributed by atoms with Crippen LogP contribution >= 0.6 is 15.9 Å². The van der Waals surface area contributed by atoms with Crippen LogP contribution in [0.1, 0.15) is 25.0 Å². The van der Waals surface area contributed by atoms with Crippen LogP contribution in [0.5, 0.6) is 0 Å². The normalized spacial score (nSPS) is 22.6. The van der Waals surface area contributed by atoms with Crippen LogP contribution in [0.4, 0.5) is 27.6 Å². The van der Waals surface area contributed by atoms with Gasteiger partial charge in [0.15, 0.2) is 0 Å². The van der Waals surface area contributed by atoms with Crippen LogP contribution in [0.2, 0.25) is 0 Å². The second kappa shape index (κ2) is 6.98. The van der Waals surface area contributed by atoms with Gasteiger partial charge >= 0.3 is 6.18 Å². The predicted molar refractivity (Wildman–Crippen MR) is 87.8 cm³/mol. The number of rotatable bonds is 3. The number of anilines is 1. The molecule has 1 aromatic heterocycles. The minimum atomic E-state index is -4.16. The van der Waals surface area contributed by atoms with Crippen molar-refractivity contribution >= 4 is 21.6 Å². The van der Waals surface area contributed by atoms with E-state index < -0.39 is 18.0 Å². The van der Waals surface area contributed by atoms with Gasteiger partial charge in [-0.05, 0) is 40.9 Å². The number of hydrogen-bond acceptors (Lipinski definition) is 3. The highest BCUT2D eigenvalue weighted by atomic mass is 79.9. The van der Waals surface area contributed by atoms with Crippen molar-refractivity contribution in [1.29, 1.82) is 0 Å². The quantitative estimate of drug-likeness (QED) is 0.524. The fourth-order valence-electron chi connectivity index (χ4n) is 3.47. The van der Waals surface area contributed by atoms with Gasteiger partial charge in [-0.25, -0.2) is 13.8 Å². The minimum absolute atomic E-state index is 0.0424. The van der Waals surface area contributed by atoms with Crippen molar-refractivity contribution in [3.8, 4) is 0 Å². The Kier molecular flexibility index (Phi) is 5.26. The van der Waals surface area contributed by atoms with Gasteiger partial charge in [-0.15, -0.1) is 0 Å². The molecule has 0 amide bonds. The molecule has 0 saturated carbocycles. The molecule has 9 heteroatoms. The molecule has 2 aliphatic heterocycles. The Hall–Kier alpha value is -0.960. The monoisotopic (exact) mass is 427 g/mol. The fourth-order valence-corrected chi connectivity index (χ4v) is 3.82. The summed E-state index contributed by atoms with van der Waals surface area (Å²) < 4.78 is 65.9. The highest BCUT2D eigenvalue weighted by molar-refractivity contribution is 9.10. The Morgan fingerprint density at radius 2 is 1.84 bits per heavy atom. The molecule has 0 radical (unpaired) electrons. The number of hydrogen-bond donors (Lipinski definition) is 0. The summed E-state index contributed by atoms with van der Waals surface area (Å²) in [5.41, 5.74) is 1.36. The van der Waals surface area contributed by atoms with Gasteiger partial charge in [0.1, 0.15) is 4.60 Å². The summed E-state index contributed by atoms with van der Waals surface area (Å²) >= 11 is 3.28. The Balaban J connectivity index is 1.72. The number of piperidine rings is 1. The zero-order chi connectivity index (χ0) is 18.2. The molecule has 3 nitrogen and oxygen atoms in total. The molecule has 2 saturated heterocycles. The van der Waals surface area contributed by atoms with E-state index in [1.807, 2.05) is 4.90 Å². The highest BCUT2D eigenvalue weighted by Crippen LogP contribution is 2.36. The smallest absolute Gasteiger partial charge is 0.370 e. The van der Waals surface area contributed by atoms with Crippen LogP contribution < -0.4 is 4.90 Å². The van der Waals surface area contributed by atoms with Crippen LogP contribution in [0.25, 0.3) is 0 Å². The summed E-state index contributed by atoms with van der Waals surface area (Å²) in [5.74, 6) is -3.95. The van der Waals surface area contributed by atoms with Crippen LogP contribution in [0.3, 0.4) is 0 Å². The summed E-state index contributed by atoms with van der Waals surface area (Å²) in [6.45, 7) is 0.824. The van der Waals surface area contributed by atoms with Gasteiger partial charge < -0.3 is 4.90 Å². The molecule has 1 aromatic rings. The second-order valence-corrected chi connectivity index (χ2v) is 7.53. The van der Waals surface area contributed by atoms with Gasteiger partial charge in [0.2, 0.25) is 0 Å². The van der Waals surface area contributed by atoms with E-state index in [1.165, 1.54) is 0 Å². The first kappa shape index (κ1) is 18.8. The van der Waals surface area contributed by atoms with Crippen molar-refractivity contribution in [2.24, 2.45) is 5.92 Å². The van der Waals surface area contributed by atoms with Crippen LogP contribution in [-0.2, 0) is 6.54 Å². The van der Waals surface area contributed by atoms with Gasteiger partial charge in [0, 0.05) is 32.6 Å². The lowest BCUT2D eigenvalue weighted by molar-refractivity contribution is -0.179. The average molecular weight is 428 g/mol. The molecule has 0 bridgehead atoms. The van der Waals surface area contributed by atoms with Gasteiger partial charge in [-0.2, -0.15) is 13.2 Å². The molecule has 0 spiro atoms. The van der Waals surface area contributed by atoms with Gasteiger partial charge in [-0.3, -0.25) is 4.90 Å². The van der Waals surface area contributed by atoms with E-state index in [-0.39, 0.29) is 52.0 Å². The van der Waals surface area contributed by atoms with E-state index in [1.54, 1.807) is 17.0 Å². The summed E-state index contributed by atoms with van der Waals surface area (Å²) in [6.07, 6.45) is -4.25. The second-order valence-electron chi connectivity index (χ2n) is 6.72. The molecule has 2 fully saturated rings. The third kappa shape index (κ3) is 4.61. The minimum Gasteiger partial charge on any atom is -0.370 e. The maximum Gasteiger partial charge on any atom is 0.391 e. The molecule has 140 valence electrons. The van der Waals surface area contributed by atoms with E-state index >= 15 is 0 Å². The van der Waals surface area contributed by atoms with E-state index in [4.69, 9.17) is 0 Å². The zero-order valence-corrected chi connectivity index (χ0v) is 15.1. The topological polar surface area (TPSA) is 19.4 Å². The first-order valence-corrected chi connectivity index (χ1v) is 9.01. The summed E-state index contributed by atoms with van der Waals surface area (Å²) in [6, 6.07) is 3.53. The highest BCUT2D eigenvalue weighted by Gasteiger charge is 2.42. The predicted octanol–water partition coefficient (Wildman–Crippen LogP) is 4.46. The van der Waals surface area contributed by atoms with Gasteiger partial charge in [-0.1, -0.05) is 0 Å². The number of nitrogens with zero attached hydrogens (tertiary/aromatic N) is 3. The third-order valence-electron chi connectivity index (χ3n) is 4.84. The molecular formula is C16H19BrF5N3. The molecule has 0 unspecified atom stereocenters. The molecule has 3 heterocycles. The third-order valence-corrected chi connectivity index (χ3v) is 5.28. The first-order valence-electron chi connectivity index (χ1n) is 8.21. The lowest BCUT2D eigenvalue weighted by atomic mass is 9.96. The summed E-state index contributed by atoms with van der Waals surface area (Å²) in [7, 11) is 0. The molecule has 0 atom stereocenters. The lowest BCUT2D eigenvalue weighted by Gasteiger charge is -2.35. The maximum atomic E-state index is 13.4.